The highest BCUT2D eigenvalue weighted by atomic mass is 35.5. The molecule has 1 aromatic heterocycles. The highest BCUT2D eigenvalue weighted by molar-refractivity contribution is 6.30. The molecule has 2 atom stereocenters. The molecular weight excluding hydrogens is 536 g/mol. The molecule has 0 spiro atoms. The van der Waals surface area contributed by atoms with Gasteiger partial charge in [0.15, 0.2) is 0 Å². The molecule has 2 aliphatic rings. The summed E-state index contributed by atoms with van der Waals surface area (Å²) in [4.78, 5) is 31.9. The number of carbonyl (C=O) groups excluding carboxylic acids is 2. The summed E-state index contributed by atoms with van der Waals surface area (Å²) in [7, 11) is 1.59. The number of rotatable bonds is 6. The number of aromatic nitrogens is 2. The topological polar surface area (TPSA) is 67.7 Å². The molecule has 2 aliphatic heterocycles. The smallest absolute Gasteiger partial charge is 0.257 e. The lowest BCUT2D eigenvalue weighted by molar-refractivity contribution is 0.0595. The summed E-state index contributed by atoms with van der Waals surface area (Å²) in [6, 6.07) is 24.7. The van der Waals surface area contributed by atoms with Crippen molar-refractivity contribution in [2.75, 3.05) is 26.7 Å². The van der Waals surface area contributed by atoms with Crippen LogP contribution in [-0.4, -0.2) is 58.1 Å². The third-order valence-corrected chi connectivity index (χ3v) is 8.50. The molecule has 7 nitrogen and oxygen atoms in total. The monoisotopic (exact) mass is 568 g/mol. The van der Waals surface area contributed by atoms with Crippen LogP contribution >= 0.6 is 11.6 Å². The van der Waals surface area contributed by atoms with Crippen LogP contribution in [0.25, 0.3) is 5.69 Å². The molecule has 41 heavy (non-hydrogen) atoms. The first-order chi connectivity index (χ1) is 20.0. The van der Waals surface area contributed by atoms with Crippen LogP contribution in [0.4, 0.5) is 0 Å². The summed E-state index contributed by atoms with van der Waals surface area (Å²) in [5.41, 5.74) is 3.90. The van der Waals surface area contributed by atoms with Gasteiger partial charge in [-0.25, -0.2) is 4.68 Å². The fraction of sp³-hybridized carbons (Fsp3) is 0.303. The Morgan fingerprint density at radius 1 is 0.902 bits per heavy atom. The second-order valence-corrected chi connectivity index (χ2v) is 11.2. The van der Waals surface area contributed by atoms with Gasteiger partial charge in [-0.3, -0.25) is 9.59 Å². The summed E-state index contributed by atoms with van der Waals surface area (Å²) in [5.74, 6) is 0.809. The zero-order chi connectivity index (χ0) is 28.3. The van der Waals surface area contributed by atoms with Crippen LogP contribution in [0.5, 0.6) is 5.75 Å². The number of methoxy groups -OCH3 is 1. The maximum Gasteiger partial charge on any atom is 0.257 e. The third kappa shape index (κ3) is 5.46. The van der Waals surface area contributed by atoms with E-state index in [1.54, 1.807) is 19.4 Å². The van der Waals surface area contributed by atoms with Crippen molar-refractivity contribution in [3.8, 4) is 11.4 Å². The highest BCUT2D eigenvalue weighted by Gasteiger charge is 2.37. The minimum Gasteiger partial charge on any atom is -0.497 e. The van der Waals surface area contributed by atoms with Crippen molar-refractivity contribution in [3.05, 3.63) is 112 Å². The number of likely N-dealkylation sites (tertiary alicyclic amines) is 2. The summed E-state index contributed by atoms with van der Waals surface area (Å²) in [6.45, 7) is 1.94. The van der Waals surface area contributed by atoms with E-state index in [1.165, 1.54) is 5.56 Å². The van der Waals surface area contributed by atoms with Gasteiger partial charge in [0.2, 0.25) is 0 Å². The summed E-state index contributed by atoms with van der Waals surface area (Å²) < 4.78 is 7.20. The van der Waals surface area contributed by atoms with Crippen molar-refractivity contribution in [3.63, 3.8) is 0 Å². The van der Waals surface area contributed by atoms with E-state index in [0.717, 1.165) is 37.1 Å². The number of carbonyl (C=O) groups is 2. The van der Waals surface area contributed by atoms with Gasteiger partial charge in [0.05, 0.1) is 36.3 Å². The van der Waals surface area contributed by atoms with E-state index in [9.17, 15) is 9.59 Å². The van der Waals surface area contributed by atoms with E-state index in [1.807, 2.05) is 75.1 Å². The minimum atomic E-state index is -0.313. The van der Waals surface area contributed by atoms with E-state index >= 15 is 0 Å². The molecule has 0 saturated carbocycles. The molecule has 2 saturated heterocycles. The quantitative estimate of drug-likeness (QED) is 0.265. The molecule has 0 aliphatic carbocycles. The van der Waals surface area contributed by atoms with Gasteiger partial charge < -0.3 is 14.5 Å². The zero-order valence-electron chi connectivity index (χ0n) is 23.1. The molecule has 2 fully saturated rings. The largest absolute Gasteiger partial charge is 0.497 e. The number of piperidine rings is 1. The van der Waals surface area contributed by atoms with Crippen LogP contribution in [0.2, 0.25) is 5.02 Å². The van der Waals surface area contributed by atoms with E-state index in [-0.39, 0.29) is 17.9 Å². The fourth-order valence-electron chi connectivity index (χ4n) is 6.12. The van der Waals surface area contributed by atoms with Crippen molar-refractivity contribution in [1.29, 1.82) is 0 Å². The Morgan fingerprint density at radius 3 is 2.49 bits per heavy atom. The van der Waals surface area contributed by atoms with Crippen molar-refractivity contribution in [1.82, 2.24) is 19.6 Å². The number of amides is 2. The average molecular weight is 569 g/mol. The van der Waals surface area contributed by atoms with E-state index in [4.69, 9.17) is 21.4 Å². The standard InChI is InChI=1S/C33H33ClN4O3/c1-41-28-11-7-10-24(20-28)32(39)37-18-6-5-12-30(37)31-29(21-35-38(31)27-15-13-26(34)14-16-27)33(40)36-19-17-25(22-36)23-8-3-2-4-9-23/h2-4,7-11,13-16,20-21,25,30H,5-6,12,17-19,22H2,1H3/t25-,30?/m0/s1. The molecule has 1 unspecified atom stereocenters. The zero-order valence-corrected chi connectivity index (χ0v) is 23.8. The Hall–Kier alpha value is -4.10. The van der Waals surface area contributed by atoms with E-state index in [0.29, 0.717) is 47.5 Å². The molecule has 3 aromatic carbocycles. The Morgan fingerprint density at radius 2 is 1.71 bits per heavy atom. The maximum atomic E-state index is 14.1. The summed E-state index contributed by atoms with van der Waals surface area (Å²) in [5, 5.41) is 5.34. The normalized spacial score (nSPS) is 18.9. The number of ether oxygens (including phenoxy) is 1. The third-order valence-electron chi connectivity index (χ3n) is 8.25. The van der Waals surface area contributed by atoms with Gasteiger partial charge in [-0.05, 0) is 73.7 Å². The van der Waals surface area contributed by atoms with E-state index < -0.39 is 0 Å². The summed E-state index contributed by atoms with van der Waals surface area (Å²) >= 11 is 6.20. The molecule has 0 bridgehead atoms. The maximum absolute atomic E-state index is 14.1. The van der Waals surface area contributed by atoms with Crippen molar-refractivity contribution in [2.24, 2.45) is 0 Å². The predicted molar refractivity (Wildman–Crippen MR) is 159 cm³/mol. The Balaban J connectivity index is 1.38. The number of benzene rings is 3. The first-order valence-corrected chi connectivity index (χ1v) is 14.5. The highest BCUT2D eigenvalue weighted by Crippen LogP contribution is 2.37. The number of hydrogen-bond acceptors (Lipinski definition) is 4. The lowest BCUT2D eigenvalue weighted by atomic mass is 9.95. The lowest BCUT2D eigenvalue weighted by Crippen LogP contribution is -2.40. The number of hydrogen-bond donors (Lipinski definition) is 0. The first-order valence-electron chi connectivity index (χ1n) is 14.2. The molecule has 3 heterocycles. The fourth-order valence-corrected chi connectivity index (χ4v) is 6.25. The minimum absolute atomic E-state index is 0.0435. The van der Waals surface area contributed by atoms with Crippen molar-refractivity contribution < 1.29 is 14.3 Å². The molecule has 0 radical (unpaired) electrons. The number of nitrogens with zero attached hydrogens (tertiary/aromatic N) is 4. The van der Waals surface area contributed by atoms with Crippen LogP contribution in [-0.2, 0) is 0 Å². The van der Waals surface area contributed by atoms with Gasteiger partial charge in [0.1, 0.15) is 5.75 Å². The Kier molecular flexibility index (Phi) is 7.79. The van der Waals surface area contributed by atoms with Crippen LogP contribution in [0, 0.1) is 0 Å². The van der Waals surface area contributed by atoms with Gasteiger partial charge in [0.25, 0.3) is 11.8 Å². The molecule has 2 amide bonds. The van der Waals surface area contributed by atoms with Gasteiger partial charge >= 0.3 is 0 Å². The molecule has 210 valence electrons. The van der Waals surface area contributed by atoms with Gasteiger partial charge in [0, 0.05) is 36.1 Å². The average Bonchev–Trinajstić information content (AvgIpc) is 3.70. The van der Waals surface area contributed by atoms with Crippen LogP contribution in [0.3, 0.4) is 0 Å². The van der Waals surface area contributed by atoms with Crippen LogP contribution in [0.15, 0.2) is 85.1 Å². The molecule has 8 heteroatoms. The Labute approximate surface area is 245 Å². The van der Waals surface area contributed by atoms with Gasteiger partial charge in [-0.15, -0.1) is 0 Å². The first kappa shape index (κ1) is 27.1. The SMILES string of the molecule is COc1cccc(C(=O)N2CCCCC2c2c(C(=O)N3CC[C@H](c4ccccc4)C3)cnn2-c2ccc(Cl)cc2)c1. The van der Waals surface area contributed by atoms with Crippen molar-refractivity contribution in [2.45, 2.75) is 37.6 Å². The summed E-state index contributed by atoms with van der Waals surface area (Å²) in [6.07, 6.45) is 5.17. The Bertz CT molecular complexity index is 1540. The van der Waals surface area contributed by atoms with Crippen molar-refractivity contribution >= 4 is 23.4 Å². The second-order valence-electron chi connectivity index (χ2n) is 10.7. The molecule has 6 rings (SSSR count). The lowest BCUT2D eigenvalue weighted by Gasteiger charge is -2.37. The predicted octanol–water partition coefficient (Wildman–Crippen LogP) is 6.53. The second kappa shape index (κ2) is 11.8. The van der Waals surface area contributed by atoms with E-state index in [2.05, 4.69) is 12.1 Å². The molecule has 0 N–H and O–H groups in total. The van der Waals surface area contributed by atoms with Gasteiger partial charge in [-0.1, -0.05) is 48.0 Å². The van der Waals surface area contributed by atoms with Crippen LogP contribution in [0.1, 0.15) is 69.6 Å². The number of halogens is 1. The molecule has 4 aromatic rings. The molecular formula is C33H33ClN4O3. The van der Waals surface area contributed by atoms with Crippen LogP contribution < -0.4 is 4.74 Å². The van der Waals surface area contributed by atoms with Gasteiger partial charge in [-0.2, -0.15) is 5.10 Å².